The van der Waals surface area contributed by atoms with E-state index in [1.165, 1.54) is 16.7 Å². The van der Waals surface area contributed by atoms with Gasteiger partial charge in [-0.15, -0.1) is 0 Å². The van der Waals surface area contributed by atoms with Crippen LogP contribution in [-0.4, -0.2) is 22.1 Å². The minimum Gasteiger partial charge on any atom is -0.465 e. The van der Waals surface area contributed by atoms with E-state index in [9.17, 15) is 14.0 Å². The Morgan fingerprint density at radius 3 is 2.52 bits per heavy atom. The summed E-state index contributed by atoms with van der Waals surface area (Å²) < 4.78 is 21.3. The van der Waals surface area contributed by atoms with Crippen LogP contribution in [-0.2, 0) is 21.5 Å². The second-order valence-electron chi connectivity index (χ2n) is 7.30. The van der Waals surface area contributed by atoms with Crippen LogP contribution in [0.3, 0.4) is 0 Å². The zero-order valence-electron chi connectivity index (χ0n) is 15.6. The fourth-order valence-corrected chi connectivity index (χ4v) is 3.13. The van der Waals surface area contributed by atoms with Gasteiger partial charge in [0, 0.05) is 16.5 Å². The average molecular weight is 391 g/mol. The number of carbonyl (C=O) groups excluding carboxylic acids is 1. The number of ether oxygens (including phenoxy) is 1. The van der Waals surface area contributed by atoms with Gasteiger partial charge in [-0.2, -0.15) is 0 Å². The lowest BCUT2D eigenvalue weighted by atomic mass is 9.91. The lowest BCUT2D eigenvalue weighted by Crippen LogP contribution is -2.21. The van der Waals surface area contributed by atoms with Crippen molar-refractivity contribution in [1.82, 2.24) is 9.55 Å². The van der Waals surface area contributed by atoms with E-state index in [0.29, 0.717) is 11.1 Å². The third kappa shape index (κ3) is 3.41. The van der Waals surface area contributed by atoms with Crippen molar-refractivity contribution in [2.45, 2.75) is 39.7 Å². The molecule has 2 heterocycles. The molecular weight excluding hydrogens is 371 g/mol. The summed E-state index contributed by atoms with van der Waals surface area (Å²) in [5.74, 6) is -1.31. The molecule has 27 heavy (non-hydrogen) atoms. The molecule has 0 aliphatic carbocycles. The van der Waals surface area contributed by atoms with E-state index in [4.69, 9.17) is 16.3 Å². The zero-order chi connectivity index (χ0) is 19.9. The molecule has 0 N–H and O–H groups in total. The van der Waals surface area contributed by atoms with Crippen LogP contribution < -0.4 is 5.43 Å². The molecule has 0 saturated heterocycles. The number of esters is 1. The van der Waals surface area contributed by atoms with Crippen molar-refractivity contribution in [3.8, 4) is 0 Å². The molecule has 0 radical (unpaired) electrons. The van der Waals surface area contributed by atoms with Gasteiger partial charge in [-0.05, 0) is 31.2 Å². The van der Waals surface area contributed by atoms with Crippen molar-refractivity contribution >= 4 is 39.5 Å². The number of benzene rings is 1. The van der Waals surface area contributed by atoms with Gasteiger partial charge >= 0.3 is 5.97 Å². The van der Waals surface area contributed by atoms with Crippen molar-refractivity contribution in [3.63, 3.8) is 0 Å². The maximum Gasteiger partial charge on any atom is 0.326 e. The minimum atomic E-state index is -0.763. The van der Waals surface area contributed by atoms with Crippen molar-refractivity contribution in [2.24, 2.45) is 0 Å². The van der Waals surface area contributed by atoms with Gasteiger partial charge in [-0.3, -0.25) is 9.59 Å². The fourth-order valence-electron chi connectivity index (χ4n) is 2.98. The van der Waals surface area contributed by atoms with E-state index in [2.05, 4.69) is 4.98 Å². The molecule has 2 aromatic heterocycles. The van der Waals surface area contributed by atoms with Crippen LogP contribution in [0.5, 0.6) is 0 Å². The van der Waals surface area contributed by atoms with Gasteiger partial charge in [-0.25, -0.2) is 9.37 Å². The van der Waals surface area contributed by atoms with E-state index in [1.807, 2.05) is 20.8 Å². The molecule has 1 aromatic carbocycles. The Labute approximate surface area is 160 Å². The Morgan fingerprint density at radius 1 is 1.22 bits per heavy atom. The lowest BCUT2D eigenvalue weighted by Gasteiger charge is -2.20. The molecule has 0 spiro atoms. The SMILES string of the molecule is CCOC(=O)Cn1c2nc(C(C)(C)C)ccc2c(=O)c2ccc(Cl)c(F)c21. The Kier molecular flexibility index (Phi) is 4.95. The molecule has 0 aliphatic rings. The van der Waals surface area contributed by atoms with Gasteiger partial charge in [0.1, 0.15) is 12.2 Å². The van der Waals surface area contributed by atoms with Crippen molar-refractivity contribution in [1.29, 1.82) is 0 Å². The largest absolute Gasteiger partial charge is 0.465 e. The number of pyridine rings is 2. The van der Waals surface area contributed by atoms with Crippen LogP contribution in [0.25, 0.3) is 21.9 Å². The Balaban J connectivity index is 2.48. The van der Waals surface area contributed by atoms with Crippen molar-refractivity contribution in [2.75, 3.05) is 6.61 Å². The normalized spacial score (nSPS) is 11.9. The molecule has 0 unspecified atom stereocenters. The van der Waals surface area contributed by atoms with Gasteiger partial charge in [0.2, 0.25) is 0 Å². The van der Waals surface area contributed by atoms with Crippen molar-refractivity contribution < 1.29 is 13.9 Å². The Bertz CT molecular complexity index is 1120. The summed E-state index contributed by atoms with van der Waals surface area (Å²) in [7, 11) is 0. The predicted octanol–water partition coefficient (Wildman–Crippen LogP) is 4.20. The Hall–Kier alpha value is -2.47. The molecule has 0 bridgehead atoms. The highest BCUT2D eigenvalue weighted by Crippen LogP contribution is 2.28. The molecule has 0 atom stereocenters. The second-order valence-corrected chi connectivity index (χ2v) is 7.70. The van der Waals surface area contributed by atoms with E-state index >= 15 is 0 Å². The number of aromatic nitrogens is 2. The van der Waals surface area contributed by atoms with Gasteiger partial charge in [0.25, 0.3) is 0 Å². The van der Waals surface area contributed by atoms with Gasteiger partial charge in [0.15, 0.2) is 11.2 Å². The number of hydrogen-bond donors (Lipinski definition) is 0. The summed E-state index contributed by atoms with van der Waals surface area (Å²) in [6, 6.07) is 6.23. The summed E-state index contributed by atoms with van der Waals surface area (Å²) in [6.45, 7) is 7.54. The number of carbonyl (C=O) groups is 1. The highest BCUT2D eigenvalue weighted by Gasteiger charge is 2.22. The van der Waals surface area contributed by atoms with E-state index in [1.54, 1.807) is 19.1 Å². The minimum absolute atomic E-state index is 0.0494. The number of fused-ring (bicyclic) bond motifs is 2. The molecule has 0 amide bonds. The topological polar surface area (TPSA) is 61.2 Å². The van der Waals surface area contributed by atoms with Crippen molar-refractivity contribution in [3.05, 3.63) is 51.0 Å². The second kappa shape index (κ2) is 6.93. The van der Waals surface area contributed by atoms with Crippen LogP contribution in [0, 0.1) is 5.82 Å². The first-order valence-electron chi connectivity index (χ1n) is 8.62. The highest BCUT2D eigenvalue weighted by molar-refractivity contribution is 6.31. The van der Waals surface area contributed by atoms with E-state index in [-0.39, 0.29) is 45.6 Å². The third-order valence-electron chi connectivity index (χ3n) is 4.32. The molecule has 3 aromatic rings. The molecule has 0 saturated carbocycles. The zero-order valence-corrected chi connectivity index (χ0v) is 16.4. The fraction of sp³-hybridized carbons (Fsp3) is 0.350. The smallest absolute Gasteiger partial charge is 0.326 e. The molecule has 5 nitrogen and oxygen atoms in total. The Morgan fingerprint density at radius 2 is 1.89 bits per heavy atom. The molecular formula is C20H20ClFN2O3. The monoisotopic (exact) mass is 390 g/mol. The standard InChI is InChI=1S/C20H20ClFN2O3/c1-5-27-15(25)10-24-17-11(6-8-13(21)16(17)22)18(26)12-7-9-14(20(2,3)4)23-19(12)24/h6-9H,5,10H2,1-4H3. The lowest BCUT2D eigenvalue weighted by molar-refractivity contribution is -0.143. The first-order chi connectivity index (χ1) is 12.6. The quantitative estimate of drug-likeness (QED) is 0.496. The highest BCUT2D eigenvalue weighted by atomic mass is 35.5. The van der Waals surface area contributed by atoms with Crippen LogP contribution in [0.2, 0.25) is 5.02 Å². The summed E-state index contributed by atoms with van der Waals surface area (Å²) in [5, 5.41) is 0.311. The van der Waals surface area contributed by atoms with Gasteiger partial charge in [-0.1, -0.05) is 32.4 Å². The van der Waals surface area contributed by atoms with Gasteiger partial charge in [0.05, 0.1) is 22.5 Å². The number of hydrogen-bond acceptors (Lipinski definition) is 4. The molecule has 142 valence electrons. The molecule has 0 aliphatic heterocycles. The number of halogens is 2. The van der Waals surface area contributed by atoms with Crippen LogP contribution in [0.1, 0.15) is 33.4 Å². The first kappa shape index (κ1) is 19.3. The van der Waals surface area contributed by atoms with Crippen LogP contribution in [0.15, 0.2) is 29.1 Å². The van der Waals surface area contributed by atoms with Crippen LogP contribution in [0.4, 0.5) is 4.39 Å². The number of rotatable bonds is 3. The predicted molar refractivity (Wildman–Crippen MR) is 104 cm³/mol. The third-order valence-corrected chi connectivity index (χ3v) is 4.61. The summed E-state index contributed by atoms with van der Waals surface area (Å²) in [4.78, 5) is 29.6. The number of nitrogens with zero attached hydrogens (tertiary/aromatic N) is 2. The summed E-state index contributed by atoms with van der Waals surface area (Å²) >= 11 is 5.94. The summed E-state index contributed by atoms with van der Waals surface area (Å²) in [6.07, 6.45) is 0. The molecule has 7 heteroatoms. The average Bonchev–Trinajstić information content (AvgIpc) is 2.60. The summed E-state index contributed by atoms with van der Waals surface area (Å²) in [5.41, 5.74) is 0.249. The first-order valence-corrected chi connectivity index (χ1v) is 9.00. The van der Waals surface area contributed by atoms with E-state index < -0.39 is 11.8 Å². The molecule has 3 rings (SSSR count). The van der Waals surface area contributed by atoms with Gasteiger partial charge < -0.3 is 9.30 Å². The maximum atomic E-state index is 14.9. The van der Waals surface area contributed by atoms with E-state index in [0.717, 1.165) is 0 Å². The maximum absolute atomic E-state index is 14.9. The van der Waals surface area contributed by atoms with Crippen LogP contribution >= 0.6 is 11.6 Å². The molecule has 0 fully saturated rings.